The van der Waals surface area contributed by atoms with Crippen molar-refractivity contribution >= 4 is 29.1 Å². The van der Waals surface area contributed by atoms with Crippen molar-refractivity contribution in [2.75, 3.05) is 26.7 Å². The number of rotatable bonds is 4. The quantitative estimate of drug-likeness (QED) is 0.607. The molecule has 0 N–H and O–H groups in total. The van der Waals surface area contributed by atoms with Gasteiger partial charge in [-0.05, 0) is 81.4 Å². The predicted molar refractivity (Wildman–Crippen MR) is 119 cm³/mol. The number of halogens is 3. The molecule has 3 nitrogen and oxygen atoms in total. The SMILES string of the molecule is CC(c1cc(Cl)cc(Cl)c1)N1CC=C(C2(c3ccc(F)cc3)CCN(C)CC2)C1=O. The topological polar surface area (TPSA) is 23.6 Å². The molecule has 0 spiro atoms. The monoisotopic (exact) mass is 446 g/mol. The highest BCUT2D eigenvalue weighted by Crippen LogP contribution is 2.45. The van der Waals surface area contributed by atoms with E-state index in [-0.39, 0.29) is 17.8 Å². The lowest BCUT2D eigenvalue weighted by Gasteiger charge is -2.42. The summed E-state index contributed by atoms with van der Waals surface area (Å²) in [5, 5.41) is 1.12. The minimum atomic E-state index is -0.391. The third-order valence-electron chi connectivity index (χ3n) is 6.57. The van der Waals surface area contributed by atoms with Gasteiger partial charge in [-0.25, -0.2) is 4.39 Å². The summed E-state index contributed by atoms with van der Waals surface area (Å²) in [6.45, 7) is 4.32. The van der Waals surface area contributed by atoms with E-state index in [4.69, 9.17) is 23.2 Å². The van der Waals surface area contributed by atoms with Gasteiger partial charge in [-0.3, -0.25) is 4.79 Å². The third-order valence-corrected chi connectivity index (χ3v) is 7.01. The summed E-state index contributed by atoms with van der Waals surface area (Å²) in [5.74, 6) is -0.228. The van der Waals surface area contributed by atoms with Gasteiger partial charge in [-0.2, -0.15) is 0 Å². The highest BCUT2D eigenvalue weighted by Gasteiger charge is 2.45. The fourth-order valence-corrected chi connectivity index (χ4v) is 5.27. The van der Waals surface area contributed by atoms with E-state index in [0.29, 0.717) is 16.6 Å². The van der Waals surface area contributed by atoms with Gasteiger partial charge in [-0.1, -0.05) is 41.4 Å². The van der Waals surface area contributed by atoms with Crippen LogP contribution in [0.5, 0.6) is 0 Å². The molecule has 0 aliphatic carbocycles. The molecule has 1 amide bonds. The summed E-state index contributed by atoms with van der Waals surface area (Å²) in [6, 6.07) is 11.9. The minimum absolute atomic E-state index is 0.0347. The lowest BCUT2D eigenvalue weighted by atomic mass is 9.67. The Bertz CT molecular complexity index is 961. The zero-order valence-corrected chi connectivity index (χ0v) is 18.7. The smallest absolute Gasteiger partial charge is 0.251 e. The van der Waals surface area contributed by atoms with Crippen molar-refractivity contribution in [2.45, 2.75) is 31.2 Å². The first-order valence-corrected chi connectivity index (χ1v) is 11.0. The van der Waals surface area contributed by atoms with Crippen LogP contribution < -0.4 is 0 Å². The van der Waals surface area contributed by atoms with E-state index in [1.165, 1.54) is 12.1 Å². The number of amides is 1. The highest BCUT2D eigenvalue weighted by atomic mass is 35.5. The molecule has 1 unspecified atom stereocenters. The average Bonchev–Trinajstić information content (AvgIpc) is 3.10. The van der Waals surface area contributed by atoms with E-state index in [1.54, 1.807) is 6.07 Å². The normalized spacial score (nSPS) is 20.4. The summed E-state index contributed by atoms with van der Waals surface area (Å²) in [6.07, 6.45) is 3.72. The molecular weight excluding hydrogens is 422 g/mol. The van der Waals surface area contributed by atoms with Gasteiger partial charge < -0.3 is 9.80 Å². The number of nitrogens with zero attached hydrogens (tertiary/aromatic N) is 2. The molecule has 30 heavy (non-hydrogen) atoms. The second kappa shape index (κ2) is 8.33. The van der Waals surface area contributed by atoms with Crippen LogP contribution in [0, 0.1) is 5.82 Å². The Kier molecular flexibility index (Phi) is 5.93. The maximum absolute atomic E-state index is 13.6. The first kappa shape index (κ1) is 21.4. The molecule has 2 aromatic rings. The summed E-state index contributed by atoms with van der Waals surface area (Å²) in [4.78, 5) is 17.8. The molecule has 1 atom stereocenters. The fourth-order valence-electron chi connectivity index (χ4n) is 4.73. The van der Waals surface area contributed by atoms with E-state index in [0.717, 1.165) is 42.6 Å². The number of carbonyl (C=O) groups is 1. The molecule has 2 aromatic carbocycles. The molecule has 0 aromatic heterocycles. The van der Waals surface area contributed by atoms with Crippen LogP contribution in [0.1, 0.15) is 36.9 Å². The van der Waals surface area contributed by atoms with Crippen LogP contribution in [0.25, 0.3) is 0 Å². The first-order chi connectivity index (χ1) is 14.3. The zero-order chi connectivity index (χ0) is 21.5. The standard InChI is InChI=1S/C24H25Cl2FN2O/c1-16(17-13-19(25)15-20(26)14-17)29-10-7-22(23(29)30)24(8-11-28(2)12-9-24)18-3-5-21(27)6-4-18/h3-7,13-16H,8-12H2,1-2H3. The van der Waals surface area contributed by atoms with E-state index < -0.39 is 5.41 Å². The largest absolute Gasteiger partial charge is 0.328 e. The Morgan fingerprint density at radius 3 is 2.23 bits per heavy atom. The second-order valence-electron chi connectivity index (χ2n) is 8.35. The van der Waals surface area contributed by atoms with Crippen LogP contribution in [0.3, 0.4) is 0 Å². The zero-order valence-electron chi connectivity index (χ0n) is 17.2. The summed E-state index contributed by atoms with van der Waals surface area (Å²) < 4.78 is 13.6. The van der Waals surface area contributed by atoms with Crippen molar-refractivity contribution in [3.63, 3.8) is 0 Å². The van der Waals surface area contributed by atoms with Crippen LogP contribution in [-0.4, -0.2) is 42.4 Å². The van der Waals surface area contributed by atoms with Crippen LogP contribution in [0.4, 0.5) is 4.39 Å². The number of carbonyl (C=O) groups excluding carboxylic acids is 1. The third kappa shape index (κ3) is 3.89. The average molecular weight is 447 g/mol. The van der Waals surface area contributed by atoms with Gasteiger partial charge >= 0.3 is 0 Å². The molecule has 2 aliphatic rings. The van der Waals surface area contributed by atoms with Crippen LogP contribution in [0.15, 0.2) is 54.1 Å². The maximum Gasteiger partial charge on any atom is 0.251 e. The Hall–Kier alpha value is -1.88. The summed E-state index contributed by atoms with van der Waals surface area (Å²) in [7, 11) is 2.09. The fraction of sp³-hybridized carbons (Fsp3) is 0.375. The summed E-state index contributed by atoms with van der Waals surface area (Å²) in [5.41, 5.74) is 2.35. The lowest BCUT2D eigenvalue weighted by Crippen LogP contribution is -2.45. The molecule has 1 fully saturated rings. The van der Waals surface area contributed by atoms with Crippen molar-refractivity contribution in [1.82, 2.24) is 9.80 Å². The van der Waals surface area contributed by atoms with Gasteiger partial charge in [0.05, 0.1) is 6.04 Å². The number of benzene rings is 2. The van der Waals surface area contributed by atoms with Crippen molar-refractivity contribution < 1.29 is 9.18 Å². The molecule has 2 aliphatic heterocycles. The van der Waals surface area contributed by atoms with Crippen LogP contribution in [0.2, 0.25) is 10.0 Å². The number of likely N-dealkylation sites (tertiary alicyclic amines) is 1. The molecule has 158 valence electrons. The van der Waals surface area contributed by atoms with E-state index in [9.17, 15) is 9.18 Å². The van der Waals surface area contributed by atoms with Crippen molar-refractivity contribution in [2.24, 2.45) is 0 Å². The lowest BCUT2D eigenvalue weighted by molar-refractivity contribution is -0.128. The molecular formula is C24H25Cl2FN2O. The molecule has 2 heterocycles. The molecule has 0 bridgehead atoms. The molecule has 0 saturated carbocycles. The molecule has 1 saturated heterocycles. The predicted octanol–water partition coefficient (Wildman–Crippen LogP) is 5.63. The second-order valence-corrected chi connectivity index (χ2v) is 9.22. The number of piperidine rings is 1. The molecule has 4 rings (SSSR count). The van der Waals surface area contributed by atoms with Gasteiger partial charge in [-0.15, -0.1) is 0 Å². The summed E-state index contributed by atoms with van der Waals surface area (Å²) >= 11 is 12.4. The van der Waals surface area contributed by atoms with Crippen molar-refractivity contribution in [3.8, 4) is 0 Å². The Morgan fingerprint density at radius 2 is 1.63 bits per heavy atom. The van der Waals surface area contributed by atoms with Gasteiger partial charge in [0.1, 0.15) is 5.82 Å². The van der Waals surface area contributed by atoms with Gasteiger partial charge in [0.25, 0.3) is 5.91 Å². The molecule has 6 heteroatoms. The maximum atomic E-state index is 13.6. The highest BCUT2D eigenvalue weighted by molar-refractivity contribution is 6.34. The Morgan fingerprint density at radius 1 is 1.03 bits per heavy atom. The van der Waals surface area contributed by atoms with Gasteiger partial charge in [0.15, 0.2) is 0 Å². The van der Waals surface area contributed by atoms with Gasteiger partial charge in [0, 0.05) is 27.6 Å². The number of hydrogen-bond donors (Lipinski definition) is 0. The van der Waals surface area contributed by atoms with Crippen LogP contribution in [-0.2, 0) is 10.2 Å². The first-order valence-electron chi connectivity index (χ1n) is 10.2. The van der Waals surface area contributed by atoms with E-state index in [2.05, 4.69) is 18.0 Å². The minimum Gasteiger partial charge on any atom is -0.328 e. The van der Waals surface area contributed by atoms with Crippen molar-refractivity contribution in [3.05, 3.63) is 81.1 Å². The Labute approximate surface area is 187 Å². The van der Waals surface area contributed by atoms with E-state index >= 15 is 0 Å². The number of hydrogen-bond acceptors (Lipinski definition) is 2. The van der Waals surface area contributed by atoms with Crippen molar-refractivity contribution in [1.29, 1.82) is 0 Å². The van der Waals surface area contributed by atoms with Gasteiger partial charge in [0.2, 0.25) is 0 Å². The molecule has 0 radical (unpaired) electrons. The van der Waals surface area contributed by atoms with E-state index in [1.807, 2.05) is 36.1 Å². The van der Waals surface area contributed by atoms with Crippen LogP contribution >= 0.6 is 23.2 Å². The Balaban J connectivity index is 1.66.